The number of phenolic OH excluding ortho intramolecular Hbond substituents is 1. The van der Waals surface area contributed by atoms with Crippen molar-refractivity contribution in [3.05, 3.63) is 42.1 Å². The molecule has 0 unspecified atom stereocenters. The number of aromatic hydroxyl groups is 1. The van der Waals surface area contributed by atoms with Gasteiger partial charge in [0, 0.05) is 16.5 Å². The first-order valence-electron chi connectivity index (χ1n) is 8.21. The second-order valence-corrected chi connectivity index (χ2v) is 6.18. The van der Waals surface area contributed by atoms with Crippen molar-refractivity contribution in [1.82, 2.24) is 4.98 Å². The minimum Gasteiger partial charge on any atom is -0.508 e. The summed E-state index contributed by atoms with van der Waals surface area (Å²) in [4.78, 5) is 6.91. The molecule has 0 aliphatic carbocycles. The third-order valence-corrected chi connectivity index (χ3v) is 4.52. The summed E-state index contributed by atoms with van der Waals surface area (Å²) in [7, 11) is 0. The van der Waals surface area contributed by atoms with Crippen LogP contribution in [0.25, 0.3) is 32.6 Å². The van der Waals surface area contributed by atoms with Gasteiger partial charge in [-0.2, -0.15) is 0 Å². The van der Waals surface area contributed by atoms with Gasteiger partial charge in [0.15, 0.2) is 0 Å². The molecular weight excluding hydrogens is 300 g/mol. The molecule has 0 aliphatic heterocycles. The van der Waals surface area contributed by atoms with E-state index in [0.717, 1.165) is 56.9 Å². The lowest BCUT2D eigenvalue weighted by atomic mass is 10.0. The van der Waals surface area contributed by atoms with Gasteiger partial charge >= 0.3 is 0 Å². The minimum atomic E-state index is 0.283. The zero-order valence-electron chi connectivity index (χ0n) is 13.6. The molecule has 0 fully saturated rings. The number of rotatable bonds is 4. The van der Waals surface area contributed by atoms with Crippen molar-refractivity contribution < 1.29 is 10.1 Å². The van der Waals surface area contributed by atoms with Crippen LogP contribution in [0.4, 0.5) is 5.82 Å². The first-order chi connectivity index (χ1) is 11.7. The van der Waals surface area contributed by atoms with Crippen molar-refractivity contribution in [3.8, 4) is 5.75 Å². The van der Waals surface area contributed by atoms with E-state index in [0.29, 0.717) is 6.54 Å². The van der Waals surface area contributed by atoms with Crippen molar-refractivity contribution in [3.63, 3.8) is 0 Å². The van der Waals surface area contributed by atoms with E-state index < -0.39 is 0 Å². The van der Waals surface area contributed by atoms with Crippen LogP contribution in [0.3, 0.4) is 0 Å². The van der Waals surface area contributed by atoms with E-state index in [1.165, 1.54) is 0 Å². The highest BCUT2D eigenvalue weighted by Gasteiger charge is 2.18. The summed E-state index contributed by atoms with van der Waals surface area (Å²) in [6.45, 7) is 3.58. The number of fused-ring (bicyclic) bond motifs is 5. The van der Waals surface area contributed by atoms with Gasteiger partial charge in [-0.15, -0.1) is 0 Å². The maximum absolute atomic E-state index is 9.77. The third kappa shape index (κ3) is 2.25. The lowest BCUT2D eigenvalue weighted by Crippen LogP contribution is -2.16. The van der Waals surface area contributed by atoms with E-state index in [-0.39, 0.29) is 5.75 Å². The van der Waals surface area contributed by atoms with Crippen LogP contribution in [-0.2, 0) is 0 Å². The van der Waals surface area contributed by atoms with Gasteiger partial charge in [-0.05, 0) is 54.9 Å². The molecule has 0 spiro atoms. The molecule has 24 heavy (non-hydrogen) atoms. The van der Waals surface area contributed by atoms with Crippen LogP contribution in [0.5, 0.6) is 5.75 Å². The predicted octanol–water partition coefficient (Wildman–Crippen LogP) is 3.06. The number of aromatic amines is 2. The van der Waals surface area contributed by atoms with Crippen molar-refractivity contribution in [2.24, 2.45) is 5.73 Å². The van der Waals surface area contributed by atoms with Crippen LogP contribution < -0.4 is 16.0 Å². The van der Waals surface area contributed by atoms with Crippen LogP contribution in [-0.4, -0.2) is 23.2 Å². The number of phenols is 1. The van der Waals surface area contributed by atoms with Crippen LogP contribution in [0.1, 0.15) is 12.0 Å². The fourth-order valence-corrected chi connectivity index (χ4v) is 3.34. The van der Waals surface area contributed by atoms with Crippen LogP contribution in [0.15, 0.2) is 36.5 Å². The molecule has 6 N–H and O–H groups in total. The normalized spacial score (nSPS) is 11.6. The Morgan fingerprint density at radius 2 is 2.08 bits per heavy atom. The third-order valence-electron chi connectivity index (χ3n) is 4.52. The molecule has 0 aliphatic rings. The van der Waals surface area contributed by atoms with Crippen LogP contribution in [0.2, 0.25) is 0 Å². The molecule has 0 radical (unpaired) electrons. The van der Waals surface area contributed by atoms with Crippen molar-refractivity contribution in [2.45, 2.75) is 13.3 Å². The van der Waals surface area contributed by atoms with Crippen molar-refractivity contribution in [1.29, 1.82) is 0 Å². The number of aromatic nitrogens is 2. The number of nitrogens with one attached hydrogen (secondary N) is 3. The smallest absolute Gasteiger partial charge is 0.282 e. The Labute approximate surface area is 139 Å². The second-order valence-electron chi connectivity index (χ2n) is 6.18. The van der Waals surface area contributed by atoms with Gasteiger partial charge in [0.05, 0.1) is 23.6 Å². The highest BCUT2D eigenvalue weighted by atomic mass is 16.3. The Morgan fingerprint density at radius 1 is 1.21 bits per heavy atom. The van der Waals surface area contributed by atoms with Gasteiger partial charge in [-0.3, -0.25) is 5.32 Å². The summed E-state index contributed by atoms with van der Waals surface area (Å²) in [6, 6.07) is 9.62. The molecule has 0 saturated carbocycles. The van der Waals surface area contributed by atoms with Gasteiger partial charge in [0.1, 0.15) is 5.75 Å². The zero-order chi connectivity index (χ0) is 16.7. The molecule has 0 saturated heterocycles. The SMILES string of the molecule is Cc1c[nH+]c(NCCCN)c2c1[nH]c1ccc3cc(O)ccc3c12. The Morgan fingerprint density at radius 3 is 2.92 bits per heavy atom. The van der Waals surface area contributed by atoms with E-state index in [2.05, 4.69) is 28.3 Å². The van der Waals surface area contributed by atoms with Gasteiger partial charge in [-0.1, -0.05) is 6.07 Å². The van der Waals surface area contributed by atoms with Gasteiger partial charge < -0.3 is 15.8 Å². The van der Waals surface area contributed by atoms with E-state index in [1.54, 1.807) is 12.1 Å². The number of aryl methyl sites for hydroxylation is 1. The molecule has 122 valence electrons. The Bertz CT molecular complexity index is 1050. The predicted molar refractivity (Wildman–Crippen MR) is 98.4 cm³/mol. The molecular formula is C19H21N4O+. The van der Waals surface area contributed by atoms with E-state index in [4.69, 9.17) is 5.73 Å². The standard InChI is InChI=1S/C19H20N4O/c1-11-10-22-19(21-8-2-7-20)17-16-14-5-4-13(24)9-12(14)3-6-15(16)23-18(11)17/h3-6,9-10,23-24H,2,7-8,20H2,1H3,(H,21,22)/p+1. The Hall–Kier alpha value is -2.79. The summed E-state index contributed by atoms with van der Waals surface area (Å²) in [5.41, 5.74) is 8.99. The number of hydrogen-bond donors (Lipinski definition) is 4. The molecule has 4 aromatic rings. The largest absolute Gasteiger partial charge is 0.508 e. The second kappa shape index (κ2) is 5.69. The van der Waals surface area contributed by atoms with Gasteiger partial charge in [0.2, 0.25) is 0 Å². The average Bonchev–Trinajstić information content (AvgIpc) is 2.98. The highest BCUT2D eigenvalue weighted by molar-refractivity contribution is 6.23. The minimum absolute atomic E-state index is 0.283. The summed E-state index contributed by atoms with van der Waals surface area (Å²) >= 11 is 0. The highest BCUT2D eigenvalue weighted by Crippen LogP contribution is 2.36. The fourth-order valence-electron chi connectivity index (χ4n) is 3.34. The van der Waals surface area contributed by atoms with Crippen molar-refractivity contribution >= 4 is 38.4 Å². The molecule has 4 rings (SSSR count). The first kappa shape index (κ1) is 14.8. The maximum Gasteiger partial charge on any atom is 0.282 e. The number of nitrogens with two attached hydrogens (primary N) is 1. The topological polar surface area (TPSA) is 88.2 Å². The number of hydrogen-bond acceptors (Lipinski definition) is 3. The van der Waals surface area contributed by atoms with Crippen molar-refractivity contribution in [2.75, 3.05) is 18.4 Å². The Balaban J connectivity index is 2.06. The number of pyridine rings is 1. The van der Waals surface area contributed by atoms with Crippen LogP contribution in [0, 0.1) is 6.92 Å². The van der Waals surface area contributed by atoms with Gasteiger partial charge in [0.25, 0.3) is 5.82 Å². The molecule has 2 aromatic heterocycles. The first-order valence-corrected chi connectivity index (χ1v) is 8.21. The quantitative estimate of drug-likeness (QED) is 0.436. The fraction of sp³-hybridized carbons (Fsp3) is 0.211. The Kier molecular flexibility index (Phi) is 3.50. The summed E-state index contributed by atoms with van der Waals surface area (Å²) in [6.07, 6.45) is 2.93. The van der Waals surface area contributed by atoms with E-state index in [1.807, 2.05) is 18.3 Å². The number of benzene rings is 2. The summed E-state index contributed by atoms with van der Waals surface area (Å²) in [5, 5.41) is 17.7. The molecule has 5 heteroatoms. The molecule has 0 amide bonds. The molecule has 2 aromatic carbocycles. The summed E-state index contributed by atoms with van der Waals surface area (Å²) < 4.78 is 0. The monoisotopic (exact) mass is 321 g/mol. The molecule has 0 bridgehead atoms. The average molecular weight is 321 g/mol. The molecule has 5 nitrogen and oxygen atoms in total. The lowest BCUT2D eigenvalue weighted by molar-refractivity contribution is -0.359. The molecule has 0 atom stereocenters. The maximum atomic E-state index is 9.77. The molecule has 2 heterocycles. The number of anilines is 1. The van der Waals surface area contributed by atoms with Crippen LogP contribution >= 0.6 is 0 Å². The summed E-state index contributed by atoms with van der Waals surface area (Å²) in [5.74, 6) is 1.28. The van der Waals surface area contributed by atoms with Gasteiger partial charge in [-0.25, -0.2) is 4.98 Å². The lowest BCUT2D eigenvalue weighted by Gasteiger charge is -2.04. The zero-order valence-corrected chi connectivity index (χ0v) is 13.6. The number of H-pyrrole nitrogens is 2. The van der Waals surface area contributed by atoms with E-state index >= 15 is 0 Å². The van der Waals surface area contributed by atoms with E-state index in [9.17, 15) is 5.11 Å².